The fourth-order valence-electron chi connectivity index (χ4n) is 4.13. The molecular formula is C19H23FN5O2+. The van der Waals surface area contributed by atoms with E-state index in [-0.39, 0.29) is 23.6 Å². The number of aromatic amines is 1. The number of hydrogen-bond acceptors (Lipinski definition) is 3. The van der Waals surface area contributed by atoms with Crippen molar-refractivity contribution in [2.24, 2.45) is 0 Å². The van der Waals surface area contributed by atoms with Gasteiger partial charge in [0.1, 0.15) is 17.1 Å². The lowest BCUT2D eigenvalue weighted by molar-refractivity contribution is -0.743. The van der Waals surface area contributed by atoms with Crippen LogP contribution in [0.5, 0.6) is 0 Å². The number of H-pyrrole nitrogens is 1. The first-order valence-corrected chi connectivity index (χ1v) is 9.27. The van der Waals surface area contributed by atoms with Crippen molar-refractivity contribution in [3.8, 4) is 0 Å². The number of likely N-dealkylation sites (tertiary alicyclic amines) is 1. The highest BCUT2D eigenvalue weighted by molar-refractivity contribution is 5.96. The van der Waals surface area contributed by atoms with E-state index in [4.69, 9.17) is 0 Å². The first-order chi connectivity index (χ1) is 13.1. The molecule has 2 aliphatic heterocycles. The Kier molecular flexibility index (Phi) is 4.65. The van der Waals surface area contributed by atoms with Crippen LogP contribution in [0.25, 0.3) is 0 Å². The second-order valence-electron chi connectivity index (χ2n) is 7.17. The van der Waals surface area contributed by atoms with Crippen LogP contribution in [-0.2, 0) is 16.8 Å². The maximum atomic E-state index is 13.6. The minimum Gasteiger partial charge on any atom is -0.348 e. The summed E-state index contributed by atoms with van der Waals surface area (Å²) in [6.45, 7) is 2.13. The Bertz CT molecular complexity index is 857. The maximum Gasteiger partial charge on any atom is 0.254 e. The highest BCUT2D eigenvalue weighted by Crippen LogP contribution is 2.31. The number of carbonyl (C=O) groups excluding carboxylic acids is 2. The van der Waals surface area contributed by atoms with Gasteiger partial charge < -0.3 is 20.5 Å². The molecule has 1 fully saturated rings. The van der Waals surface area contributed by atoms with Crippen LogP contribution in [0.4, 0.5) is 4.39 Å². The zero-order valence-corrected chi connectivity index (χ0v) is 15.0. The lowest BCUT2D eigenvalue weighted by Crippen LogP contribution is -2.97. The van der Waals surface area contributed by atoms with Crippen LogP contribution >= 0.6 is 0 Å². The summed E-state index contributed by atoms with van der Waals surface area (Å²) < 4.78 is 13.6. The summed E-state index contributed by atoms with van der Waals surface area (Å²) in [6, 6.07) is 5.74. The summed E-state index contributed by atoms with van der Waals surface area (Å²) in [6.07, 6.45) is 4.40. The van der Waals surface area contributed by atoms with Gasteiger partial charge in [-0.05, 0) is 12.1 Å². The predicted molar refractivity (Wildman–Crippen MR) is 95.3 cm³/mol. The molecule has 0 unspecified atom stereocenters. The van der Waals surface area contributed by atoms with Crippen LogP contribution in [-0.4, -0.2) is 52.9 Å². The number of carbonyl (C=O) groups is 2. The summed E-state index contributed by atoms with van der Waals surface area (Å²) in [5, 5.41) is 4.87. The molecule has 0 bridgehead atoms. The van der Waals surface area contributed by atoms with Gasteiger partial charge in [0.05, 0.1) is 25.0 Å². The van der Waals surface area contributed by atoms with Crippen molar-refractivity contribution in [1.82, 2.24) is 20.2 Å². The van der Waals surface area contributed by atoms with Crippen LogP contribution in [0.1, 0.15) is 34.6 Å². The molecule has 4 rings (SSSR count). The molecule has 0 aliphatic carbocycles. The lowest BCUT2D eigenvalue weighted by atomic mass is 9.80. The molecule has 0 radical (unpaired) electrons. The molecule has 27 heavy (non-hydrogen) atoms. The third-order valence-corrected chi connectivity index (χ3v) is 5.65. The molecule has 2 amide bonds. The topological polar surface area (TPSA) is 94.7 Å². The standard InChI is InChI=1S/C19H22FN5O2/c20-14-4-2-1-3-13(14)18(27)21-11-16(26)25-9-6-19(7-10-25)17-15(5-8-24-19)22-12-23-17/h1-4,12,24H,5-11H2,(H,21,27)(H,22,23)/p+1. The number of imidazole rings is 1. The zero-order valence-electron chi connectivity index (χ0n) is 15.0. The Balaban J connectivity index is 1.33. The molecule has 1 spiro atoms. The van der Waals surface area contributed by atoms with E-state index in [1.54, 1.807) is 17.3 Å². The van der Waals surface area contributed by atoms with E-state index in [1.807, 2.05) is 0 Å². The number of amides is 2. The van der Waals surface area contributed by atoms with Crippen LogP contribution in [0, 0.1) is 5.82 Å². The van der Waals surface area contributed by atoms with Crippen molar-refractivity contribution in [1.29, 1.82) is 0 Å². The zero-order chi connectivity index (χ0) is 18.9. The third kappa shape index (κ3) is 3.32. The van der Waals surface area contributed by atoms with Gasteiger partial charge in [0.15, 0.2) is 0 Å². The van der Waals surface area contributed by atoms with Gasteiger partial charge in [-0.3, -0.25) is 9.59 Å². The number of aromatic nitrogens is 2. The minimum absolute atomic E-state index is 0.0502. The van der Waals surface area contributed by atoms with Crippen molar-refractivity contribution < 1.29 is 19.3 Å². The van der Waals surface area contributed by atoms with Crippen LogP contribution in [0.2, 0.25) is 0 Å². The monoisotopic (exact) mass is 372 g/mol. The Morgan fingerprint density at radius 2 is 2.07 bits per heavy atom. The smallest absolute Gasteiger partial charge is 0.254 e. The minimum atomic E-state index is -0.593. The quantitative estimate of drug-likeness (QED) is 0.703. The molecule has 0 atom stereocenters. The van der Waals surface area contributed by atoms with Gasteiger partial charge >= 0.3 is 0 Å². The molecule has 3 heterocycles. The SMILES string of the molecule is O=C(NCC(=O)N1CCC2(CC1)[NH2+]CCc1[nH]cnc12)c1ccccc1F. The number of hydrogen-bond donors (Lipinski definition) is 3. The number of fused-ring (bicyclic) bond motifs is 2. The largest absolute Gasteiger partial charge is 0.348 e. The van der Waals surface area contributed by atoms with Crippen molar-refractivity contribution in [3.05, 3.63) is 53.4 Å². The maximum absolute atomic E-state index is 13.6. The first kappa shape index (κ1) is 17.7. The average molecular weight is 372 g/mol. The first-order valence-electron chi connectivity index (χ1n) is 9.27. The molecule has 0 saturated carbocycles. The average Bonchev–Trinajstić information content (AvgIpc) is 3.17. The number of halogens is 1. The lowest BCUT2D eigenvalue weighted by Gasteiger charge is -2.41. The summed E-state index contributed by atoms with van der Waals surface area (Å²) in [7, 11) is 0. The summed E-state index contributed by atoms with van der Waals surface area (Å²) >= 11 is 0. The van der Waals surface area contributed by atoms with Crippen LogP contribution in [0.3, 0.4) is 0 Å². The van der Waals surface area contributed by atoms with E-state index in [1.165, 1.54) is 23.9 Å². The number of nitrogens with zero attached hydrogens (tertiary/aromatic N) is 2. The second kappa shape index (κ2) is 7.11. The molecule has 1 aromatic carbocycles. The Morgan fingerprint density at radius 3 is 2.85 bits per heavy atom. The van der Waals surface area contributed by atoms with E-state index < -0.39 is 11.7 Å². The number of rotatable bonds is 3. The number of piperidine rings is 1. The van der Waals surface area contributed by atoms with Crippen molar-refractivity contribution in [2.75, 3.05) is 26.2 Å². The van der Waals surface area contributed by atoms with E-state index >= 15 is 0 Å². The molecule has 2 aliphatic rings. The Morgan fingerprint density at radius 1 is 1.30 bits per heavy atom. The normalized spacial score (nSPS) is 18.2. The third-order valence-electron chi connectivity index (χ3n) is 5.65. The number of nitrogens with two attached hydrogens (primary N) is 1. The molecule has 142 valence electrons. The Hall–Kier alpha value is -2.74. The molecule has 8 heteroatoms. The van der Waals surface area contributed by atoms with E-state index in [2.05, 4.69) is 20.6 Å². The van der Waals surface area contributed by atoms with Gasteiger partial charge in [0, 0.05) is 38.0 Å². The van der Waals surface area contributed by atoms with Gasteiger partial charge in [-0.25, -0.2) is 9.37 Å². The van der Waals surface area contributed by atoms with Gasteiger partial charge in [-0.2, -0.15) is 0 Å². The Labute approximate surface area is 156 Å². The summed E-state index contributed by atoms with van der Waals surface area (Å²) in [4.78, 5) is 34.0. The van der Waals surface area contributed by atoms with E-state index in [9.17, 15) is 14.0 Å². The predicted octanol–water partition coefficient (Wildman–Crippen LogP) is -0.0840. The molecule has 2 aromatic rings. The van der Waals surface area contributed by atoms with Gasteiger partial charge in [-0.1, -0.05) is 12.1 Å². The van der Waals surface area contributed by atoms with Crippen LogP contribution in [0.15, 0.2) is 30.6 Å². The molecule has 7 nitrogen and oxygen atoms in total. The van der Waals surface area contributed by atoms with Crippen molar-refractivity contribution in [3.63, 3.8) is 0 Å². The van der Waals surface area contributed by atoms with Crippen LogP contribution < -0.4 is 10.6 Å². The number of benzene rings is 1. The molecule has 1 saturated heterocycles. The fraction of sp³-hybridized carbons (Fsp3) is 0.421. The number of nitrogens with one attached hydrogen (secondary N) is 2. The molecule has 4 N–H and O–H groups in total. The number of quaternary nitrogens is 1. The fourth-order valence-corrected chi connectivity index (χ4v) is 4.13. The van der Waals surface area contributed by atoms with Crippen molar-refractivity contribution >= 4 is 11.8 Å². The highest BCUT2D eigenvalue weighted by Gasteiger charge is 2.45. The van der Waals surface area contributed by atoms with Gasteiger partial charge in [0.2, 0.25) is 5.91 Å². The van der Waals surface area contributed by atoms with E-state index in [0.717, 1.165) is 31.5 Å². The van der Waals surface area contributed by atoms with Crippen molar-refractivity contribution in [2.45, 2.75) is 24.8 Å². The summed E-state index contributed by atoms with van der Waals surface area (Å²) in [5.74, 6) is -1.31. The van der Waals surface area contributed by atoms with Gasteiger partial charge in [0.25, 0.3) is 5.91 Å². The second-order valence-corrected chi connectivity index (χ2v) is 7.17. The summed E-state index contributed by atoms with van der Waals surface area (Å²) in [5.41, 5.74) is 2.22. The van der Waals surface area contributed by atoms with E-state index in [0.29, 0.717) is 13.1 Å². The highest BCUT2D eigenvalue weighted by atomic mass is 19.1. The molecular weight excluding hydrogens is 349 g/mol. The van der Waals surface area contributed by atoms with Gasteiger partial charge in [-0.15, -0.1) is 0 Å². The molecule has 1 aromatic heterocycles.